The van der Waals surface area contributed by atoms with E-state index in [9.17, 15) is 5.11 Å². The van der Waals surface area contributed by atoms with E-state index in [0.29, 0.717) is 30.0 Å². The first-order valence-corrected chi connectivity index (χ1v) is 10.7. The third kappa shape index (κ3) is 5.00. The number of piperazine rings is 1. The van der Waals surface area contributed by atoms with Crippen molar-refractivity contribution in [3.05, 3.63) is 47.4 Å². The third-order valence-corrected chi connectivity index (χ3v) is 6.03. The van der Waals surface area contributed by atoms with Crippen LogP contribution in [0.2, 0.25) is 0 Å². The summed E-state index contributed by atoms with van der Waals surface area (Å²) in [5, 5.41) is 13.3. The van der Waals surface area contributed by atoms with E-state index in [2.05, 4.69) is 15.1 Å². The standard InChI is InChI=1S/C22H36N6O2/c1-3-30-17(11-26-2)14-28-15-8-9-16(28)13-27(12-15)20(22(24)25)10-19(23)18-6-4-5-7-21(18)29/h4-7,10,15-17,26,29H,3,8-9,11-14,23-25H2,1-2H3/b19-10-. The minimum Gasteiger partial charge on any atom is -0.507 e. The van der Waals surface area contributed by atoms with Crippen molar-refractivity contribution in [3.63, 3.8) is 0 Å². The van der Waals surface area contributed by atoms with Gasteiger partial charge in [-0.3, -0.25) is 4.90 Å². The highest BCUT2D eigenvalue weighted by Gasteiger charge is 2.41. The van der Waals surface area contributed by atoms with E-state index in [-0.39, 0.29) is 17.7 Å². The van der Waals surface area contributed by atoms with Crippen molar-refractivity contribution in [2.45, 2.75) is 38.0 Å². The fourth-order valence-electron chi connectivity index (χ4n) is 4.66. The summed E-state index contributed by atoms with van der Waals surface area (Å²) in [5.74, 6) is 0.376. The number of nitrogens with zero attached hydrogens (tertiary/aromatic N) is 2. The molecule has 0 saturated carbocycles. The molecule has 0 aromatic heterocycles. The predicted octanol–water partition coefficient (Wildman–Crippen LogP) is 0.551. The van der Waals surface area contributed by atoms with Gasteiger partial charge in [0.2, 0.25) is 0 Å². The molecule has 3 atom stereocenters. The summed E-state index contributed by atoms with van der Waals surface area (Å²) in [6.07, 6.45) is 4.26. The Morgan fingerprint density at radius 1 is 1.23 bits per heavy atom. The van der Waals surface area contributed by atoms with E-state index in [1.165, 1.54) is 0 Å². The van der Waals surface area contributed by atoms with Crippen molar-refractivity contribution in [1.29, 1.82) is 0 Å². The maximum atomic E-state index is 10.1. The van der Waals surface area contributed by atoms with E-state index in [1.54, 1.807) is 24.3 Å². The van der Waals surface area contributed by atoms with Crippen LogP contribution in [-0.4, -0.2) is 72.9 Å². The van der Waals surface area contributed by atoms with Crippen LogP contribution >= 0.6 is 0 Å². The van der Waals surface area contributed by atoms with Crippen LogP contribution in [0.1, 0.15) is 25.3 Å². The quantitative estimate of drug-likeness (QED) is 0.370. The highest BCUT2D eigenvalue weighted by molar-refractivity contribution is 5.69. The Labute approximate surface area is 179 Å². The molecule has 2 bridgehead atoms. The molecule has 2 aliphatic rings. The first kappa shape index (κ1) is 22.3. The van der Waals surface area contributed by atoms with Gasteiger partial charge in [-0.25, -0.2) is 0 Å². The molecule has 3 unspecified atom stereocenters. The van der Waals surface area contributed by atoms with Gasteiger partial charge in [-0.1, -0.05) is 12.1 Å². The Balaban J connectivity index is 1.75. The molecule has 1 aromatic rings. The molecule has 2 saturated heterocycles. The number of hydrogen-bond acceptors (Lipinski definition) is 8. The molecule has 0 radical (unpaired) electrons. The molecule has 0 amide bonds. The largest absolute Gasteiger partial charge is 0.507 e. The van der Waals surface area contributed by atoms with Gasteiger partial charge < -0.3 is 37.3 Å². The first-order valence-electron chi connectivity index (χ1n) is 10.7. The van der Waals surface area contributed by atoms with Crippen LogP contribution in [0.25, 0.3) is 5.70 Å². The molecular formula is C22H36N6O2. The molecule has 2 fully saturated rings. The zero-order valence-electron chi connectivity index (χ0n) is 18.1. The molecule has 30 heavy (non-hydrogen) atoms. The van der Waals surface area contributed by atoms with Gasteiger partial charge in [-0.2, -0.15) is 0 Å². The van der Waals surface area contributed by atoms with Gasteiger partial charge in [0, 0.05) is 56.1 Å². The SMILES string of the molecule is CCOC(CNC)CN1C2CCC1CN(C(/C=C(\N)c1ccccc1O)=C(N)N)C2. The van der Waals surface area contributed by atoms with Crippen LogP contribution < -0.4 is 22.5 Å². The zero-order valence-corrected chi connectivity index (χ0v) is 18.1. The molecule has 2 aliphatic heterocycles. The van der Waals surface area contributed by atoms with Crippen molar-refractivity contribution < 1.29 is 9.84 Å². The molecule has 0 aliphatic carbocycles. The number of aromatic hydroxyl groups is 1. The number of allylic oxidation sites excluding steroid dienone is 1. The lowest BCUT2D eigenvalue weighted by Crippen LogP contribution is -2.56. The fraction of sp³-hybridized carbons (Fsp3) is 0.545. The maximum absolute atomic E-state index is 10.1. The Bertz CT molecular complexity index is 757. The van der Waals surface area contributed by atoms with Gasteiger partial charge in [-0.05, 0) is 45.0 Å². The Hall–Kier alpha value is -2.42. The summed E-state index contributed by atoms with van der Waals surface area (Å²) in [6, 6.07) is 7.85. The molecule has 8 nitrogen and oxygen atoms in total. The molecule has 166 valence electrons. The summed E-state index contributed by atoms with van der Waals surface area (Å²) in [5.41, 5.74) is 20.1. The van der Waals surface area contributed by atoms with E-state index in [1.807, 2.05) is 20.0 Å². The third-order valence-electron chi connectivity index (χ3n) is 6.03. The minimum atomic E-state index is 0.137. The van der Waals surface area contributed by atoms with Gasteiger partial charge in [0.1, 0.15) is 11.6 Å². The summed E-state index contributed by atoms with van der Waals surface area (Å²) < 4.78 is 5.92. The van der Waals surface area contributed by atoms with Crippen molar-refractivity contribution in [1.82, 2.24) is 15.1 Å². The lowest BCUT2D eigenvalue weighted by atomic mass is 10.1. The van der Waals surface area contributed by atoms with Crippen molar-refractivity contribution in [2.75, 3.05) is 39.8 Å². The number of benzene rings is 1. The average molecular weight is 417 g/mol. The van der Waals surface area contributed by atoms with E-state index >= 15 is 0 Å². The molecule has 8 heteroatoms. The van der Waals surface area contributed by atoms with Gasteiger partial charge >= 0.3 is 0 Å². The Kier molecular flexibility index (Phi) is 7.47. The number of fused-ring (bicyclic) bond motifs is 2. The maximum Gasteiger partial charge on any atom is 0.124 e. The molecule has 2 heterocycles. The second kappa shape index (κ2) is 10.1. The van der Waals surface area contributed by atoms with Crippen molar-refractivity contribution in [3.8, 4) is 5.75 Å². The van der Waals surface area contributed by atoms with Gasteiger partial charge in [0.15, 0.2) is 0 Å². The number of phenolic OH excluding ortho intramolecular Hbond substituents is 1. The number of nitrogens with one attached hydrogen (secondary N) is 1. The highest BCUT2D eigenvalue weighted by Crippen LogP contribution is 2.33. The van der Waals surface area contributed by atoms with Crippen LogP contribution in [0.5, 0.6) is 5.75 Å². The summed E-state index contributed by atoms with van der Waals surface area (Å²) in [6.45, 7) is 6.20. The fourth-order valence-corrected chi connectivity index (χ4v) is 4.66. The summed E-state index contributed by atoms with van der Waals surface area (Å²) in [4.78, 5) is 4.81. The van der Waals surface area contributed by atoms with Crippen LogP contribution in [0.15, 0.2) is 41.9 Å². The number of rotatable bonds is 9. The number of likely N-dealkylation sites (tertiary alicyclic amines) is 1. The topological polar surface area (TPSA) is 126 Å². The van der Waals surface area contributed by atoms with Crippen LogP contribution in [-0.2, 0) is 4.74 Å². The average Bonchev–Trinajstić information content (AvgIpc) is 2.94. The summed E-state index contributed by atoms with van der Waals surface area (Å²) >= 11 is 0. The van der Waals surface area contributed by atoms with E-state index in [0.717, 1.165) is 44.7 Å². The second-order valence-corrected chi connectivity index (χ2v) is 8.08. The number of phenols is 1. The van der Waals surface area contributed by atoms with Crippen LogP contribution in [0.3, 0.4) is 0 Å². The molecule has 3 rings (SSSR count). The molecular weight excluding hydrogens is 380 g/mol. The van der Waals surface area contributed by atoms with E-state index < -0.39 is 0 Å². The van der Waals surface area contributed by atoms with Gasteiger partial charge in [0.05, 0.1) is 11.8 Å². The molecule has 8 N–H and O–H groups in total. The lowest BCUT2D eigenvalue weighted by molar-refractivity contribution is 0.000815. The Morgan fingerprint density at radius 3 is 2.47 bits per heavy atom. The van der Waals surface area contributed by atoms with E-state index in [4.69, 9.17) is 21.9 Å². The smallest absolute Gasteiger partial charge is 0.124 e. The normalized spacial score (nSPS) is 22.9. The number of likely N-dealkylation sites (N-methyl/N-ethyl adjacent to an activating group) is 1. The Morgan fingerprint density at radius 2 is 1.90 bits per heavy atom. The van der Waals surface area contributed by atoms with Crippen LogP contribution in [0, 0.1) is 0 Å². The summed E-state index contributed by atoms with van der Waals surface area (Å²) in [7, 11) is 1.96. The number of nitrogens with two attached hydrogens (primary N) is 3. The van der Waals surface area contributed by atoms with Crippen molar-refractivity contribution >= 4 is 5.70 Å². The number of hydrogen-bond donors (Lipinski definition) is 5. The van der Waals surface area contributed by atoms with Gasteiger partial charge in [0.25, 0.3) is 0 Å². The van der Waals surface area contributed by atoms with Gasteiger partial charge in [-0.15, -0.1) is 0 Å². The highest BCUT2D eigenvalue weighted by atomic mass is 16.5. The first-order chi connectivity index (χ1) is 14.4. The molecule has 1 aromatic carbocycles. The van der Waals surface area contributed by atoms with Crippen molar-refractivity contribution in [2.24, 2.45) is 17.2 Å². The monoisotopic (exact) mass is 416 g/mol. The minimum absolute atomic E-state index is 0.137. The van der Waals surface area contributed by atoms with Crippen LogP contribution in [0.4, 0.5) is 0 Å². The second-order valence-electron chi connectivity index (χ2n) is 8.08. The predicted molar refractivity (Wildman–Crippen MR) is 120 cm³/mol. The molecule has 0 spiro atoms. The number of ether oxygens (including phenoxy) is 1. The number of para-hydroxylation sites is 1. The zero-order chi connectivity index (χ0) is 21.7. The lowest BCUT2D eigenvalue weighted by Gasteiger charge is -2.43.